The van der Waals surface area contributed by atoms with E-state index in [1.807, 2.05) is 0 Å². The molecule has 1 aromatic carbocycles. The molecule has 2 aliphatic rings. The zero-order valence-electron chi connectivity index (χ0n) is 15.5. The highest BCUT2D eigenvalue weighted by atomic mass is 19.1. The van der Waals surface area contributed by atoms with Gasteiger partial charge in [-0.15, -0.1) is 0 Å². The molecule has 2 aliphatic carbocycles. The zero-order valence-corrected chi connectivity index (χ0v) is 15.5. The summed E-state index contributed by atoms with van der Waals surface area (Å²) in [6.07, 6.45) is 4.17. The van der Waals surface area contributed by atoms with Crippen LogP contribution in [0.3, 0.4) is 0 Å². The first-order valence-electron chi connectivity index (χ1n) is 8.83. The number of halogens is 1. The zero-order chi connectivity index (χ0) is 17.8. The summed E-state index contributed by atoms with van der Waals surface area (Å²) in [6.45, 7) is 5.43. The van der Waals surface area contributed by atoms with Crippen LogP contribution in [-0.2, 0) is 5.60 Å². The van der Waals surface area contributed by atoms with E-state index < -0.39 is 5.60 Å². The van der Waals surface area contributed by atoms with Crippen molar-refractivity contribution in [2.75, 3.05) is 27.7 Å². The molecule has 134 valence electrons. The quantitative estimate of drug-likeness (QED) is 0.908. The van der Waals surface area contributed by atoms with Crippen LogP contribution in [0.4, 0.5) is 4.39 Å². The molecule has 3 rings (SSSR count). The Labute approximate surface area is 144 Å². The summed E-state index contributed by atoms with van der Waals surface area (Å²) in [5.74, 6) is -0.0614. The van der Waals surface area contributed by atoms with Crippen molar-refractivity contribution < 1.29 is 14.2 Å². The molecule has 24 heavy (non-hydrogen) atoms. The molecule has 1 aromatic rings. The molecule has 1 N–H and O–H groups in total. The monoisotopic (exact) mass is 335 g/mol. The maximum atomic E-state index is 13.9. The fourth-order valence-corrected chi connectivity index (χ4v) is 5.51. The van der Waals surface area contributed by atoms with Crippen molar-refractivity contribution in [1.29, 1.82) is 0 Å². The molecule has 3 nitrogen and oxygen atoms in total. The first-order chi connectivity index (χ1) is 11.1. The second-order valence-corrected chi connectivity index (χ2v) is 8.91. The molecule has 0 amide bonds. The van der Waals surface area contributed by atoms with E-state index in [2.05, 4.69) is 32.8 Å². The minimum Gasteiger partial charge on any atom is -0.494 e. The van der Waals surface area contributed by atoms with Gasteiger partial charge < -0.3 is 14.7 Å². The van der Waals surface area contributed by atoms with E-state index in [1.165, 1.54) is 13.2 Å². The third-order valence-corrected chi connectivity index (χ3v) is 6.44. The summed E-state index contributed by atoms with van der Waals surface area (Å²) in [5, 5.41) is 11.9. The number of methoxy groups -OCH3 is 1. The van der Waals surface area contributed by atoms with Crippen LogP contribution in [0.5, 0.6) is 5.75 Å². The first kappa shape index (κ1) is 17.7. The molecule has 0 heterocycles. The smallest absolute Gasteiger partial charge is 0.165 e. The van der Waals surface area contributed by atoms with Gasteiger partial charge in [-0.3, -0.25) is 0 Å². The topological polar surface area (TPSA) is 32.7 Å². The van der Waals surface area contributed by atoms with Crippen LogP contribution in [0.15, 0.2) is 18.2 Å². The van der Waals surface area contributed by atoms with Gasteiger partial charge in [0.15, 0.2) is 11.6 Å². The van der Waals surface area contributed by atoms with Gasteiger partial charge in [-0.1, -0.05) is 19.9 Å². The van der Waals surface area contributed by atoms with Crippen molar-refractivity contribution in [1.82, 2.24) is 4.90 Å². The lowest BCUT2D eigenvalue weighted by Crippen LogP contribution is -2.53. The van der Waals surface area contributed by atoms with E-state index in [9.17, 15) is 9.50 Å². The standard InChI is InChI=1S/C20H30FNO2/c1-18-8-9-19(2,12-18)17(11-22(3)4)20(23,13-18)14-6-7-15(21)16(10-14)24-5/h6-7,10,17,23H,8-9,11-13H2,1-5H3/t17-,18-,19+,20-/m0/s1. The van der Waals surface area contributed by atoms with Crippen molar-refractivity contribution in [3.05, 3.63) is 29.6 Å². The summed E-state index contributed by atoms with van der Waals surface area (Å²) >= 11 is 0. The van der Waals surface area contributed by atoms with Crippen LogP contribution in [-0.4, -0.2) is 37.8 Å². The van der Waals surface area contributed by atoms with Gasteiger partial charge >= 0.3 is 0 Å². The number of benzene rings is 1. The van der Waals surface area contributed by atoms with Gasteiger partial charge in [0.25, 0.3) is 0 Å². The molecule has 4 atom stereocenters. The second kappa shape index (κ2) is 5.70. The fraction of sp³-hybridized carbons (Fsp3) is 0.700. The highest BCUT2D eigenvalue weighted by Gasteiger charge is 2.61. The Balaban J connectivity index is 2.10. The number of aliphatic hydroxyl groups is 1. The highest BCUT2D eigenvalue weighted by Crippen LogP contribution is 2.66. The van der Waals surface area contributed by atoms with Gasteiger partial charge in [0.2, 0.25) is 0 Å². The molecule has 2 fully saturated rings. The Morgan fingerprint density at radius 2 is 1.96 bits per heavy atom. The van der Waals surface area contributed by atoms with Crippen molar-refractivity contribution in [2.45, 2.75) is 45.1 Å². The summed E-state index contributed by atoms with van der Waals surface area (Å²) < 4.78 is 19.0. The van der Waals surface area contributed by atoms with Gasteiger partial charge in [0, 0.05) is 12.5 Å². The predicted octanol–water partition coefficient (Wildman–Crippen LogP) is 3.80. The lowest BCUT2D eigenvalue weighted by Gasteiger charge is -2.53. The van der Waals surface area contributed by atoms with E-state index >= 15 is 0 Å². The molecular formula is C20H30FNO2. The molecule has 0 aliphatic heterocycles. The number of rotatable bonds is 4. The van der Waals surface area contributed by atoms with E-state index in [1.54, 1.807) is 12.1 Å². The van der Waals surface area contributed by atoms with Gasteiger partial charge in [0.1, 0.15) is 0 Å². The molecule has 4 heteroatoms. The van der Waals surface area contributed by atoms with Crippen LogP contribution in [0.25, 0.3) is 0 Å². The van der Waals surface area contributed by atoms with Crippen LogP contribution >= 0.6 is 0 Å². The summed E-state index contributed by atoms with van der Waals surface area (Å²) in [7, 11) is 5.58. The number of hydrogen-bond acceptors (Lipinski definition) is 3. The Morgan fingerprint density at radius 1 is 1.25 bits per heavy atom. The van der Waals surface area contributed by atoms with Crippen LogP contribution in [0.2, 0.25) is 0 Å². The number of nitrogens with zero attached hydrogens (tertiary/aromatic N) is 1. The largest absolute Gasteiger partial charge is 0.494 e. The predicted molar refractivity (Wildman–Crippen MR) is 93.6 cm³/mol. The minimum atomic E-state index is -0.955. The number of hydrogen-bond donors (Lipinski definition) is 1. The average molecular weight is 335 g/mol. The second-order valence-electron chi connectivity index (χ2n) is 8.91. The van der Waals surface area contributed by atoms with Crippen molar-refractivity contribution in [3.8, 4) is 5.75 Å². The molecule has 0 spiro atoms. The van der Waals surface area contributed by atoms with Crippen molar-refractivity contribution in [2.24, 2.45) is 16.7 Å². The Morgan fingerprint density at radius 3 is 2.58 bits per heavy atom. The van der Waals surface area contributed by atoms with E-state index in [4.69, 9.17) is 4.74 Å². The minimum absolute atomic E-state index is 0.105. The average Bonchev–Trinajstić information content (AvgIpc) is 2.76. The lowest BCUT2D eigenvalue weighted by atomic mass is 9.55. The molecule has 2 bridgehead atoms. The maximum absolute atomic E-state index is 13.9. The normalized spacial score (nSPS) is 38.6. The van der Waals surface area contributed by atoms with Crippen LogP contribution in [0.1, 0.15) is 45.1 Å². The molecule has 0 radical (unpaired) electrons. The van der Waals surface area contributed by atoms with Gasteiger partial charge in [-0.25, -0.2) is 4.39 Å². The lowest BCUT2D eigenvalue weighted by molar-refractivity contribution is -0.136. The molecular weight excluding hydrogens is 305 g/mol. The fourth-order valence-electron chi connectivity index (χ4n) is 5.51. The third-order valence-electron chi connectivity index (χ3n) is 6.44. The molecule has 0 unspecified atom stereocenters. The number of ether oxygens (including phenoxy) is 1. The number of fused-ring (bicyclic) bond motifs is 2. The van der Waals surface area contributed by atoms with Crippen LogP contribution < -0.4 is 4.74 Å². The van der Waals surface area contributed by atoms with Crippen molar-refractivity contribution in [3.63, 3.8) is 0 Å². The highest BCUT2D eigenvalue weighted by molar-refractivity contribution is 5.36. The van der Waals surface area contributed by atoms with Crippen LogP contribution in [0, 0.1) is 22.6 Å². The van der Waals surface area contributed by atoms with Gasteiger partial charge in [-0.2, -0.15) is 0 Å². The first-order valence-corrected chi connectivity index (χ1v) is 8.83. The summed E-state index contributed by atoms with van der Waals surface area (Å²) in [6, 6.07) is 4.84. The maximum Gasteiger partial charge on any atom is 0.165 e. The SMILES string of the molecule is COc1cc([C@@]2(O)C[C@@]3(C)CC[C@](C)(C3)[C@@H]2CN(C)C)ccc1F. The Kier molecular flexibility index (Phi) is 4.20. The van der Waals surface area contributed by atoms with Gasteiger partial charge in [0.05, 0.1) is 12.7 Å². The molecule has 0 saturated heterocycles. The molecule has 0 aromatic heterocycles. The van der Waals surface area contributed by atoms with E-state index in [-0.39, 0.29) is 28.3 Å². The Bertz CT molecular complexity index is 634. The van der Waals surface area contributed by atoms with Crippen molar-refractivity contribution >= 4 is 0 Å². The van der Waals surface area contributed by atoms with E-state index in [0.29, 0.717) is 0 Å². The molecule has 2 saturated carbocycles. The van der Waals surface area contributed by atoms with Gasteiger partial charge in [-0.05, 0) is 68.3 Å². The summed E-state index contributed by atoms with van der Waals surface area (Å²) in [5.41, 5.74) is 0.0806. The van der Waals surface area contributed by atoms with E-state index in [0.717, 1.165) is 37.8 Å². The Hall–Kier alpha value is -1.13. The third kappa shape index (κ3) is 2.74. The summed E-state index contributed by atoms with van der Waals surface area (Å²) in [4.78, 5) is 2.16.